The van der Waals surface area contributed by atoms with E-state index in [1.54, 1.807) is 0 Å². The molecule has 1 unspecified atom stereocenters. The second-order valence-electron chi connectivity index (χ2n) is 21.3. The van der Waals surface area contributed by atoms with Crippen molar-refractivity contribution in [2.75, 3.05) is 13.2 Å². The van der Waals surface area contributed by atoms with Gasteiger partial charge in [0.05, 0.1) is 0 Å². The van der Waals surface area contributed by atoms with Gasteiger partial charge in [-0.15, -0.1) is 0 Å². The first-order chi connectivity index (χ1) is 39.0. The van der Waals surface area contributed by atoms with Crippen LogP contribution in [0.25, 0.3) is 0 Å². The molecule has 0 aromatic heterocycles. The molecule has 6 nitrogen and oxygen atoms in total. The van der Waals surface area contributed by atoms with Gasteiger partial charge in [0.1, 0.15) is 13.2 Å². The minimum atomic E-state index is -0.808. The van der Waals surface area contributed by atoms with Crippen molar-refractivity contribution in [2.24, 2.45) is 0 Å². The zero-order chi connectivity index (χ0) is 57.1. The lowest BCUT2D eigenvalue weighted by molar-refractivity contribution is -0.167. The van der Waals surface area contributed by atoms with Gasteiger partial charge in [0.2, 0.25) is 0 Å². The fraction of sp³-hybridized carbons (Fsp3) is 0.658. The van der Waals surface area contributed by atoms with Crippen LogP contribution in [0.1, 0.15) is 290 Å². The topological polar surface area (TPSA) is 78.9 Å². The molecule has 79 heavy (non-hydrogen) atoms. The van der Waals surface area contributed by atoms with Crippen LogP contribution in [0.4, 0.5) is 0 Å². The Morgan fingerprint density at radius 1 is 0.266 bits per heavy atom. The maximum Gasteiger partial charge on any atom is 0.306 e. The van der Waals surface area contributed by atoms with Crippen LogP contribution in [0.5, 0.6) is 0 Å². The minimum absolute atomic E-state index is 0.0995. The van der Waals surface area contributed by atoms with Crippen LogP contribution in [0.3, 0.4) is 0 Å². The Hall–Kier alpha value is -4.45. The summed E-state index contributed by atoms with van der Waals surface area (Å²) >= 11 is 0. The third kappa shape index (κ3) is 64.3. The second kappa shape index (κ2) is 66.1. The van der Waals surface area contributed by atoms with Gasteiger partial charge >= 0.3 is 17.9 Å². The van der Waals surface area contributed by atoms with E-state index in [0.29, 0.717) is 25.7 Å². The number of rotatable bonds is 58. The number of ether oxygens (including phenoxy) is 3. The fourth-order valence-corrected chi connectivity index (χ4v) is 8.79. The molecular weight excluding hydrogens is 973 g/mol. The molecule has 0 N–H and O–H groups in total. The van der Waals surface area contributed by atoms with Gasteiger partial charge in [0.25, 0.3) is 0 Å². The quantitative estimate of drug-likeness (QED) is 0.0261. The second-order valence-corrected chi connectivity index (χ2v) is 21.3. The number of hydrogen-bond donors (Lipinski definition) is 0. The summed E-state index contributed by atoms with van der Waals surface area (Å²) in [5.41, 5.74) is 0. The predicted molar refractivity (Wildman–Crippen MR) is 343 cm³/mol. The van der Waals surface area contributed by atoms with Gasteiger partial charge in [-0.3, -0.25) is 14.4 Å². The van der Waals surface area contributed by atoms with Crippen LogP contribution in [-0.4, -0.2) is 37.2 Å². The molecule has 0 saturated carbocycles. The molecular formula is C73H120O6. The maximum atomic E-state index is 12.9. The van der Waals surface area contributed by atoms with Crippen molar-refractivity contribution in [3.63, 3.8) is 0 Å². The molecule has 0 rings (SSSR count). The number of carbonyl (C=O) groups excluding carboxylic acids is 3. The van der Waals surface area contributed by atoms with E-state index in [1.807, 2.05) is 0 Å². The molecule has 448 valence electrons. The van der Waals surface area contributed by atoms with E-state index in [4.69, 9.17) is 14.2 Å². The van der Waals surface area contributed by atoms with Crippen LogP contribution >= 0.6 is 0 Å². The molecule has 0 spiro atoms. The zero-order valence-corrected chi connectivity index (χ0v) is 51.3. The Kier molecular flexibility index (Phi) is 62.3. The summed E-state index contributed by atoms with van der Waals surface area (Å²) in [6, 6.07) is 0. The van der Waals surface area contributed by atoms with E-state index < -0.39 is 6.10 Å². The number of unbranched alkanes of at least 4 members (excludes halogenated alkanes) is 25. The zero-order valence-electron chi connectivity index (χ0n) is 51.3. The van der Waals surface area contributed by atoms with Gasteiger partial charge in [-0.25, -0.2) is 0 Å². The Morgan fingerprint density at radius 3 is 0.810 bits per heavy atom. The van der Waals surface area contributed by atoms with Crippen molar-refractivity contribution >= 4 is 17.9 Å². The third-order valence-electron chi connectivity index (χ3n) is 13.6. The largest absolute Gasteiger partial charge is 0.462 e. The summed E-state index contributed by atoms with van der Waals surface area (Å²) in [6.07, 6.45) is 93.1. The Morgan fingerprint density at radius 2 is 0.494 bits per heavy atom. The van der Waals surface area contributed by atoms with E-state index in [1.165, 1.54) is 122 Å². The molecule has 1 atom stereocenters. The highest BCUT2D eigenvalue weighted by molar-refractivity contribution is 5.71. The van der Waals surface area contributed by atoms with Gasteiger partial charge in [-0.1, -0.05) is 270 Å². The first-order valence-corrected chi connectivity index (χ1v) is 32.7. The van der Waals surface area contributed by atoms with Crippen molar-refractivity contribution in [3.05, 3.63) is 134 Å². The van der Waals surface area contributed by atoms with E-state index in [9.17, 15) is 14.4 Å². The number of carbonyl (C=O) groups is 3. The summed E-state index contributed by atoms with van der Waals surface area (Å²) in [4.78, 5) is 38.4. The number of esters is 3. The molecule has 0 radical (unpaired) electrons. The van der Waals surface area contributed by atoms with Crippen molar-refractivity contribution in [3.8, 4) is 0 Å². The Labute approximate surface area is 487 Å². The van der Waals surface area contributed by atoms with E-state index >= 15 is 0 Å². The highest BCUT2D eigenvalue weighted by Gasteiger charge is 2.19. The molecule has 0 aromatic rings. The first-order valence-electron chi connectivity index (χ1n) is 32.7. The van der Waals surface area contributed by atoms with Gasteiger partial charge in [0, 0.05) is 19.3 Å². The lowest BCUT2D eigenvalue weighted by Crippen LogP contribution is -2.30. The van der Waals surface area contributed by atoms with Crippen LogP contribution < -0.4 is 0 Å². The lowest BCUT2D eigenvalue weighted by Gasteiger charge is -2.18. The highest BCUT2D eigenvalue weighted by Crippen LogP contribution is 2.15. The van der Waals surface area contributed by atoms with Gasteiger partial charge in [-0.2, -0.15) is 0 Å². The molecule has 6 heteroatoms. The maximum absolute atomic E-state index is 12.9. The summed E-state index contributed by atoms with van der Waals surface area (Å²) in [5.74, 6) is -0.950. The van der Waals surface area contributed by atoms with Gasteiger partial charge < -0.3 is 14.2 Å². The minimum Gasteiger partial charge on any atom is -0.462 e. The average molecular weight is 1090 g/mol. The van der Waals surface area contributed by atoms with E-state index in [0.717, 1.165) is 122 Å². The molecule has 0 aliphatic carbocycles. The molecule has 0 amide bonds. The molecule has 0 aliphatic heterocycles. The SMILES string of the molecule is CC/C=C\C/C=C\C/C=C\C/C=C\C/C=C\C/C=C\CCCCC(=O)OCC(COC(=O)CCCCCCCCCCC/C=C\CCCCCCCC)OC(=O)CCCCCCCCCC/C=C\C/C=C\C/C=C\C/C=C\CC. The number of hydrogen-bond acceptors (Lipinski definition) is 6. The van der Waals surface area contributed by atoms with Crippen LogP contribution in [0, 0.1) is 0 Å². The highest BCUT2D eigenvalue weighted by atomic mass is 16.6. The molecule has 0 aromatic carbocycles. The lowest BCUT2D eigenvalue weighted by atomic mass is 10.1. The Bertz CT molecular complexity index is 1680. The molecule has 0 heterocycles. The van der Waals surface area contributed by atoms with Crippen molar-refractivity contribution in [2.45, 2.75) is 297 Å². The normalized spacial score (nSPS) is 13.0. The summed E-state index contributed by atoms with van der Waals surface area (Å²) in [5, 5.41) is 0. The number of allylic oxidation sites excluding steroid dienone is 22. The van der Waals surface area contributed by atoms with Crippen molar-refractivity contribution < 1.29 is 28.6 Å². The van der Waals surface area contributed by atoms with Crippen LogP contribution in [-0.2, 0) is 28.6 Å². The Balaban J connectivity index is 4.50. The van der Waals surface area contributed by atoms with Crippen LogP contribution in [0.15, 0.2) is 134 Å². The van der Waals surface area contributed by atoms with Gasteiger partial charge in [0.15, 0.2) is 6.10 Å². The fourth-order valence-electron chi connectivity index (χ4n) is 8.79. The summed E-state index contributed by atoms with van der Waals surface area (Å²) in [6.45, 7) is 6.38. The standard InChI is InChI=1S/C73H120O6/c1-4-7-10-13-16-19-22-25-28-31-34-36-39-42-45-48-51-54-57-60-63-66-72(75)78-69-70(68-77-71(74)65-62-59-56-53-50-47-44-41-38-33-30-27-24-21-18-15-12-9-6-3)79-73(76)67-64-61-58-55-52-49-46-43-40-37-35-32-29-26-23-20-17-14-11-8-5-2/h7-8,10-11,16-17,19-20,25-30,34-37,42,45,51,54,70H,4-6,9,12-15,18,21-24,31-33,38-41,43-44,46-50,52-53,55-69H2,1-3H3/b10-7-,11-8-,19-16-,20-17-,28-25-,29-26-,30-27-,36-34-,37-35-,45-42-,54-51-. The van der Waals surface area contributed by atoms with Gasteiger partial charge in [-0.05, 0) is 135 Å². The van der Waals surface area contributed by atoms with E-state index in [2.05, 4.69) is 154 Å². The van der Waals surface area contributed by atoms with Crippen LogP contribution in [0.2, 0.25) is 0 Å². The monoisotopic (exact) mass is 1090 g/mol. The predicted octanol–water partition coefficient (Wildman–Crippen LogP) is 22.5. The van der Waals surface area contributed by atoms with Crippen molar-refractivity contribution in [1.82, 2.24) is 0 Å². The first kappa shape index (κ1) is 74.5. The molecule has 0 bridgehead atoms. The van der Waals surface area contributed by atoms with Crippen molar-refractivity contribution in [1.29, 1.82) is 0 Å². The summed E-state index contributed by atoms with van der Waals surface area (Å²) < 4.78 is 16.9. The average Bonchev–Trinajstić information content (AvgIpc) is 3.45. The molecule has 0 fully saturated rings. The third-order valence-corrected chi connectivity index (χ3v) is 13.6. The molecule has 0 aliphatic rings. The van der Waals surface area contributed by atoms with E-state index in [-0.39, 0.29) is 31.1 Å². The molecule has 0 saturated heterocycles. The smallest absolute Gasteiger partial charge is 0.306 e. The summed E-state index contributed by atoms with van der Waals surface area (Å²) in [7, 11) is 0.